The molecular weight excluding hydrogens is 597 g/mol. The van der Waals surface area contributed by atoms with Gasteiger partial charge in [-0.15, -0.1) is 5.10 Å². The highest BCUT2D eigenvalue weighted by Gasteiger charge is 2.45. The molecule has 3 fully saturated rings. The average Bonchev–Trinajstić information content (AvgIpc) is 3.61. The molecule has 3 amide bonds. The van der Waals surface area contributed by atoms with E-state index >= 15 is 0 Å². The number of aromatic nitrogens is 3. The number of benzene rings is 2. The van der Waals surface area contributed by atoms with E-state index in [-0.39, 0.29) is 25.8 Å². The first-order valence-electron chi connectivity index (χ1n) is 15.5. The van der Waals surface area contributed by atoms with Crippen LogP contribution in [0.2, 0.25) is 0 Å². The smallest absolute Gasteiger partial charge is 0.243 e. The Morgan fingerprint density at radius 1 is 0.957 bits per heavy atom. The summed E-state index contributed by atoms with van der Waals surface area (Å²) in [7, 11) is 0. The van der Waals surface area contributed by atoms with Gasteiger partial charge in [-0.2, -0.15) is 0 Å². The molecule has 3 saturated heterocycles. The maximum atomic E-state index is 13.6. The second-order valence-corrected chi connectivity index (χ2v) is 12.4. The lowest BCUT2D eigenvalue weighted by Crippen LogP contribution is -2.59. The van der Waals surface area contributed by atoms with E-state index in [9.17, 15) is 29.0 Å². The standard InChI is InChI=1S/C32H38FN7O6/c33-21-6-8-23(9-7-21)40-19-22(37-38-40)14-24-31(45)34-17-26-30(44)29(43)25(46-26)15-27(41)36-32(16-28(42)35-24)10-12-39(13-11-32)18-20-4-2-1-3-5-20/h1-9,19,24-26,29-30,43-44H,10-18H2,(H,34,45)(H,35,42)(H,36,41)/t24-,25+,26-,29?,30?/m1/s1. The topological polar surface area (TPSA) is 171 Å². The van der Waals surface area contributed by atoms with Gasteiger partial charge >= 0.3 is 0 Å². The van der Waals surface area contributed by atoms with Gasteiger partial charge in [0.15, 0.2) is 0 Å². The Bertz CT molecular complexity index is 1530. The third-order valence-corrected chi connectivity index (χ3v) is 8.99. The number of halogens is 1. The number of likely N-dealkylation sites (tertiary alicyclic amines) is 1. The number of hydrogen-bond acceptors (Lipinski definition) is 9. The van der Waals surface area contributed by atoms with Crippen LogP contribution in [0.4, 0.5) is 4.39 Å². The average molecular weight is 636 g/mol. The van der Waals surface area contributed by atoms with Crippen LogP contribution in [-0.4, -0.2) is 103 Å². The number of aliphatic hydroxyl groups excluding tert-OH is 2. The minimum Gasteiger partial charge on any atom is -0.388 e. The molecule has 4 heterocycles. The molecule has 0 aliphatic carbocycles. The van der Waals surface area contributed by atoms with Gasteiger partial charge in [0.1, 0.15) is 30.2 Å². The molecule has 5 N–H and O–H groups in total. The molecule has 2 unspecified atom stereocenters. The van der Waals surface area contributed by atoms with E-state index in [0.29, 0.717) is 37.3 Å². The fourth-order valence-electron chi connectivity index (χ4n) is 6.43. The van der Waals surface area contributed by atoms with Crippen LogP contribution >= 0.6 is 0 Å². The van der Waals surface area contributed by atoms with E-state index in [4.69, 9.17) is 4.74 Å². The maximum absolute atomic E-state index is 13.6. The van der Waals surface area contributed by atoms with Crippen molar-refractivity contribution in [3.8, 4) is 5.69 Å². The van der Waals surface area contributed by atoms with Crippen molar-refractivity contribution in [3.05, 3.63) is 77.9 Å². The number of nitrogens with one attached hydrogen (secondary N) is 3. The van der Waals surface area contributed by atoms with Crippen LogP contribution in [0.25, 0.3) is 5.69 Å². The van der Waals surface area contributed by atoms with Gasteiger partial charge in [-0.1, -0.05) is 35.5 Å². The van der Waals surface area contributed by atoms with E-state index in [2.05, 4.69) is 43.3 Å². The van der Waals surface area contributed by atoms with Gasteiger partial charge in [0.05, 0.1) is 35.6 Å². The lowest BCUT2D eigenvalue weighted by Gasteiger charge is -2.42. The fraction of sp³-hybridized carbons (Fsp3) is 0.469. The van der Waals surface area contributed by atoms with E-state index in [1.165, 1.54) is 28.9 Å². The fourth-order valence-corrected chi connectivity index (χ4v) is 6.43. The number of piperidine rings is 1. The molecule has 5 atom stereocenters. The van der Waals surface area contributed by atoms with Crippen molar-refractivity contribution in [2.45, 2.75) is 74.6 Å². The van der Waals surface area contributed by atoms with Gasteiger partial charge in [0, 0.05) is 39.0 Å². The molecule has 2 aromatic carbocycles. The van der Waals surface area contributed by atoms with E-state index < -0.39 is 59.5 Å². The summed E-state index contributed by atoms with van der Waals surface area (Å²) in [6, 6.07) is 14.6. The Hall–Kier alpha value is -4.24. The van der Waals surface area contributed by atoms with Gasteiger partial charge in [-0.05, 0) is 42.7 Å². The lowest BCUT2D eigenvalue weighted by atomic mass is 9.83. The first-order valence-corrected chi connectivity index (χ1v) is 15.5. The zero-order valence-corrected chi connectivity index (χ0v) is 25.2. The van der Waals surface area contributed by atoms with Crippen LogP contribution in [0.5, 0.6) is 0 Å². The van der Waals surface area contributed by atoms with Crippen molar-refractivity contribution in [1.29, 1.82) is 0 Å². The molecule has 0 radical (unpaired) electrons. The molecule has 14 heteroatoms. The van der Waals surface area contributed by atoms with Gasteiger partial charge in [0.2, 0.25) is 17.7 Å². The lowest BCUT2D eigenvalue weighted by molar-refractivity contribution is -0.133. The first-order chi connectivity index (χ1) is 22.2. The Morgan fingerprint density at radius 2 is 1.67 bits per heavy atom. The Balaban J connectivity index is 1.21. The number of aliphatic hydroxyl groups is 2. The monoisotopic (exact) mass is 635 g/mol. The van der Waals surface area contributed by atoms with Gasteiger partial charge in [-0.3, -0.25) is 19.3 Å². The molecule has 1 spiro atoms. The van der Waals surface area contributed by atoms with Gasteiger partial charge in [-0.25, -0.2) is 9.07 Å². The Kier molecular flexibility index (Phi) is 9.40. The number of carbonyl (C=O) groups is 3. The molecule has 2 bridgehead atoms. The molecule has 1 aromatic heterocycles. The second-order valence-electron chi connectivity index (χ2n) is 12.4. The number of ether oxygens (including phenoxy) is 1. The van der Waals surface area contributed by atoms with Crippen molar-refractivity contribution in [2.24, 2.45) is 0 Å². The summed E-state index contributed by atoms with van der Waals surface area (Å²) < 4.78 is 20.7. The van der Waals surface area contributed by atoms with Crippen LogP contribution in [0, 0.1) is 5.82 Å². The minimum atomic E-state index is -1.32. The van der Waals surface area contributed by atoms with Crippen molar-refractivity contribution in [2.75, 3.05) is 19.6 Å². The Morgan fingerprint density at radius 3 is 2.41 bits per heavy atom. The van der Waals surface area contributed by atoms with Crippen molar-refractivity contribution < 1.29 is 33.7 Å². The number of amides is 3. The van der Waals surface area contributed by atoms with E-state index in [0.717, 1.165) is 12.1 Å². The summed E-state index contributed by atoms with van der Waals surface area (Å²) >= 11 is 0. The van der Waals surface area contributed by atoms with Crippen LogP contribution in [-0.2, 0) is 32.1 Å². The number of nitrogens with zero attached hydrogens (tertiary/aromatic N) is 4. The molecule has 46 heavy (non-hydrogen) atoms. The highest BCUT2D eigenvalue weighted by molar-refractivity contribution is 5.88. The predicted molar refractivity (Wildman–Crippen MR) is 162 cm³/mol. The zero-order valence-electron chi connectivity index (χ0n) is 25.2. The molecular formula is C32H38FN7O6. The van der Waals surface area contributed by atoms with Crippen LogP contribution < -0.4 is 16.0 Å². The van der Waals surface area contributed by atoms with Crippen LogP contribution in [0.3, 0.4) is 0 Å². The number of carbonyl (C=O) groups excluding carboxylic acids is 3. The Labute approximate surface area is 265 Å². The molecule has 3 aliphatic heterocycles. The molecule has 6 rings (SSSR count). The third kappa shape index (κ3) is 7.41. The summed E-state index contributed by atoms with van der Waals surface area (Å²) in [4.78, 5) is 42.6. The maximum Gasteiger partial charge on any atom is 0.243 e. The van der Waals surface area contributed by atoms with Crippen molar-refractivity contribution >= 4 is 17.7 Å². The van der Waals surface area contributed by atoms with Crippen molar-refractivity contribution in [1.82, 2.24) is 35.8 Å². The van der Waals surface area contributed by atoms with Crippen molar-refractivity contribution in [3.63, 3.8) is 0 Å². The molecule has 3 aromatic rings. The summed E-state index contributed by atoms with van der Waals surface area (Å²) in [5, 5.41) is 38.1. The largest absolute Gasteiger partial charge is 0.388 e. The number of rotatable bonds is 5. The zero-order chi connectivity index (χ0) is 32.3. The predicted octanol–water partition coefficient (Wildman–Crippen LogP) is -0.0161. The van der Waals surface area contributed by atoms with E-state index in [1.54, 1.807) is 6.20 Å². The number of fused-ring (bicyclic) bond motifs is 2. The van der Waals surface area contributed by atoms with Crippen LogP contribution in [0.15, 0.2) is 60.8 Å². The molecule has 0 saturated carbocycles. The second kappa shape index (κ2) is 13.6. The number of hydrogen-bond donors (Lipinski definition) is 5. The third-order valence-electron chi connectivity index (χ3n) is 8.99. The highest BCUT2D eigenvalue weighted by Crippen LogP contribution is 2.29. The SMILES string of the molecule is O=C1CC2(CCN(Cc3ccccc3)CC2)NC(=O)C[C@@H]2O[C@H](CNC(=O)[C@@H](Cc3cn(-c4ccc(F)cc4)nn3)N1)C(O)C2O. The summed E-state index contributed by atoms with van der Waals surface area (Å²) in [5.74, 6) is -1.74. The van der Waals surface area contributed by atoms with E-state index in [1.807, 2.05) is 18.2 Å². The first kappa shape index (κ1) is 31.7. The molecule has 3 aliphatic rings. The normalized spacial score (nSPS) is 27.5. The molecule has 244 valence electrons. The highest BCUT2D eigenvalue weighted by atomic mass is 19.1. The quantitative estimate of drug-likeness (QED) is 0.259. The summed E-state index contributed by atoms with van der Waals surface area (Å²) in [6.45, 7) is 1.84. The minimum absolute atomic E-state index is 0.0116. The summed E-state index contributed by atoms with van der Waals surface area (Å²) in [5.41, 5.74) is 1.23. The molecule has 13 nitrogen and oxygen atoms in total. The van der Waals surface area contributed by atoms with Gasteiger partial charge in [0.25, 0.3) is 0 Å². The van der Waals surface area contributed by atoms with Gasteiger partial charge < -0.3 is 30.9 Å². The summed E-state index contributed by atoms with van der Waals surface area (Å²) in [6.07, 6.45) is -2.28. The van der Waals surface area contributed by atoms with Crippen LogP contribution in [0.1, 0.15) is 36.9 Å².